The molecule has 0 spiro atoms. The summed E-state index contributed by atoms with van der Waals surface area (Å²) in [6, 6.07) is 0.409. The number of carbonyl (C=O) groups is 1. The molecular weight excluding hydrogens is 224 g/mol. The molecular formula is C12H23ClN2O. The Morgan fingerprint density at radius 3 is 2.69 bits per heavy atom. The molecule has 0 aromatic carbocycles. The first-order chi connectivity index (χ1) is 7.31. The minimum Gasteiger partial charge on any atom is -0.356 e. The van der Waals surface area contributed by atoms with Gasteiger partial charge in [-0.25, -0.2) is 0 Å². The molecule has 2 N–H and O–H groups in total. The highest BCUT2D eigenvalue weighted by Gasteiger charge is 2.31. The molecule has 0 aromatic rings. The maximum absolute atomic E-state index is 11.9. The van der Waals surface area contributed by atoms with Gasteiger partial charge < -0.3 is 10.6 Å². The third-order valence-corrected chi connectivity index (χ3v) is 3.91. The third-order valence-electron chi connectivity index (χ3n) is 3.91. The SMILES string of the molecule is CCC1NCCC1C(=O)NCC1CCC1.Cl. The van der Waals surface area contributed by atoms with Gasteiger partial charge in [0.2, 0.25) is 5.91 Å². The Hall–Kier alpha value is -0.280. The van der Waals surface area contributed by atoms with E-state index < -0.39 is 0 Å². The molecule has 2 aliphatic rings. The summed E-state index contributed by atoms with van der Waals surface area (Å²) in [5.41, 5.74) is 0. The zero-order chi connectivity index (χ0) is 10.7. The molecule has 1 saturated carbocycles. The van der Waals surface area contributed by atoms with Crippen LogP contribution < -0.4 is 10.6 Å². The van der Waals surface area contributed by atoms with Crippen molar-refractivity contribution in [3.8, 4) is 0 Å². The smallest absolute Gasteiger partial charge is 0.224 e. The van der Waals surface area contributed by atoms with Crippen LogP contribution in [0.1, 0.15) is 39.0 Å². The number of halogens is 1. The van der Waals surface area contributed by atoms with Crippen LogP contribution in [0.2, 0.25) is 0 Å². The summed E-state index contributed by atoms with van der Waals surface area (Å²) >= 11 is 0. The Morgan fingerprint density at radius 1 is 1.38 bits per heavy atom. The quantitative estimate of drug-likeness (QED) is 0.793. The monoisotopic (exact) mass is 246 g/mol. The summed E-state index contributed by atoms with van der Waals surface area (Å²) < 4.78 is 0. The van der Waals surface area contributed by atoms with Crippen molar-refractivity contribution in [2.24, 2.45) is 11.8 Å². The molecule has 1 heterocycles. The van der Waals surface area contributed by atoms with E-state index in [9.17, 15) is 4.79 Å². The van der Waals surface area contributed by atoms with Crippen molar-refractivity contribution in [1.29, 1.82) is 0 Å². The second-order valence-corrected chi connectivity index (χ2v) is 4.91. The molecule has 1 aliphatic carbocycles. The van der Waals surface area contributed by atoms with Gasteiger partial charge in [0.05, 0.1) is 5.92 Å². The van der Waals surface area contributed by atoms with Gasteiger partial charge in [0.15, 0.2) is 0 Å². The van der Waals surface area contributed by atoms with Gasteiger partial charge in [0.25, 0.3) is 0 Å². The van der Waals surface area contributed by atoms with Crippen molar-refractivity contribution in [2.45, 2.75) is 45.1 Å². The largest absolute Gasteiger partial charge is 0.356 e. The first kappa shape index (κ1) is 13.8. The Balaban J connectivity index is 0.00000128. The molecule has 2 rings (SSSR count). The van der Waals surface area contributed by atoms with Crippen molar-refractivity contribution in [1.82, 2.24) is 10.6 Å². The second-order valence-electron chi connectivity index (χ2n) is 4.91. The van der Waals surface area contributed by atoms with Gasteiger partial charge in [-0.15, -0.1) is 12.4 Å². The lowest BCUT2D eigenvalue weighted by molar-refractivity contribution is -0.125. The third kappa shape index (κ3) is 3.11. The van der Waals surface area contributed by atoms with Crippen molar-refractivity contribution in [3.05, 3.63) is 0 Å². The van der Waals surface area contributed by atoms with Gasteiger partial charge in [-0.1, -0.05) is 13.3 Å². The van der Waals surface area contributed by atoms with E-state index in [-0.39, 0.29) is 24.2 Å². The zero-order valence-electron chi connectivity index (χ0n) is 10.00. The van der Waals surface area contributed by atoms with Gasteiger partial charge in [-0.3, -0.25) is 4.79 Å². The molecule has 0 aromatic heterocycles. The summed E-state index contributed by atoms with van der Waals surface area (Å²) in [7, 11) is 0. The normalized spacial score (nSPS) is 29.3. The lowest BCUT2D eigenvalue weighted by Crippen LogP contribution is -2.40. The second kappa shape index (κ2) is 6.45. The Bertz CT molecular complexity index is 231. The van der Waals surface area contributed by atoms with Gasteiger partial charge in [-0.05, 0) is 38.1 Å². The first-order valence-electron chi connectivity index (χ1n) is 6.32. The maximum atomic E-state index is 11.9. The highest BCUT2D eigenvalue weighted by atomic mass is 35.5. The summed E-state index contributed by atoms with van der Waals surface area (Å²) in [6.07, 6.45) is 6.03. The van der Waals surface area contributed by atoms with E-state index in [0.29, 0.717) is 6.04 Å². The van der Waals surface area contributed by atoms with E-state index in [2.05, 4.69) is 17.6 Å². The predicted octanol–water partition coefficient (Wildman–Crippen LogP) is 1.71. The van der Waals surface area contributed by atoms with Crippen molar-refractivity contribution >= 4 is 18.3 Å². The fourth-order valence-corrected chi connectivity index (χ4v) is 2.58. The molecule has 1 saturated heterocycles. The van der Waals surface area contributed by atoms with Crippen LogP contribution in [0.4, 0.5) is 0 Å². The number of nitrogens with one attached hydrogen (secondary N) is 2. The van der Waals surface area contributed by atoms with E-state index in [1.165, 1.54) is 19.3 Å². The lowest BCUT2D eigenvalue weighted by Gasteiger charge is -2.26. The number of hydrogen-bond acceptors (Lipinski definition) is 2. The highest BCUT2D eigenvalue weighted by molar-refractivity contribution is 5.85. The van der Waals surface area contributed by atoms with Gasteiger partial charge in [-0.2, -0.15) is 0 Å². The highest BCUT2D eigenvalue weighted by Crippen LogP contribution is 2.25. The molecule has 2 fully saturated rings. The van der Waals surface area contributed by atoms with Crippen LogP contribution >= 0.6 is 12.4 Å². The van der Waals surface area contributed by atoms with Crippen LogP contribution in [0, 0.1) is 11.8 Å². The predicted molar refractivity (Wildman–Crippen MR) is 67.8 cm³/mol. The summed E-state index contributed by atoms with van der Waals surface area (Å²) in [5, 5.41) is 6.50. The molecule has 2 atom stereocenters. The molecule has 16 heavy (non-hydrogen) atoms. The topological polar surface area (TPSA) is 41.1 Å². The number of rotatable bonds is 4. The van der Waals surface area contributed by atoms with E-state index in [1.54, 1.807) is 0 Å². The fourth-order valence-electron chi connectivity index (χ4n) is 2.58. The average Bonchev–Trinajstić information content (AvgIpc) is 2.62. The van der Waals surface area contributed by atoms with Crippen LogP contribution in [-0.4, -0.2) is 25.0 Å². The molecule has 0 bridgehead atoms. The van der Waals surface area contributed by atoms with E-state index >= 15 is 0 Å². The summed E-state index contributed by atoms with van der Waals surface area (Å²) in [5.74, 6) is 1.26. The Labute approximate surface area is 104 Å². The molecule has 1 aliphatic heterocycles. The summed E-state index contributed by atoms with van der Waals surface area (Å²) in [4.78, 5) is 11.9. The standard InChI is InChI=1S/C12H22N2O.ClH/c1-2-11-10(6-7-13-11)12(15)14-8-9-4-3-5-9;/h9-11,13H,2-8H2,1H3,(H,14,15);1H. The molecule has 4 heteroatoms. The minimum absolute atomic E-state index is 0. The molecule has 0 radical (unpaired) electrons. The van der Waals surface area contributed by atoms with E-state index in [4.69, 9.17) is 0 Å². The van der Waals surface area contributed by atoms with E-state index in [0.717, 1.165) is 31.8 Å². The minimum atomic E-state index is 0. The molecule has 94 valence electrons. The maximum Gasteiger partial charge on any atom is 0.224 e. The zero-order valence-corrected chi connectivity index (χ0v) is 10.8. The number of amides is 1. The van der Waals surface area contributed by atoms with Crippen molar-refractivity contribution in [3.63, 3.8) is 0 Å². The van der Waals surface area contributed by atoms with Gasteiger partial charge in [0, 0.05) is 12.6 Å². The van der Waals surface area contributed by atoms with Gasteiger partial charge >= 0.3 is 0 Å². The number of carbonyl (C=O) groups excluding carboxylic acids is 1. The fraction of sp³-hybridized carbons (Fsp3) is 0.917. The molecule has 1 amide bonds. The Morgan fingerprint density at radius 2 is 2.12 bits per heavy atom. The van der Waals surface area contributed by atoms with Crippen LogP contribution in [0.5, 0.6) is 0 Å². The van der Waals surface area contributed by atoms with Crippen LogP contribution in [0.25, 0.3) is 0 Å². The summed E-state index contributed by atoms with van der Waals surface area (Å²) in [6.45, 7) is 4.06. The van der Waals surface area contributed by atoms with Crippen molar-refractivity contribution in [2.75, 3.05) is 13.1 Å². The van der Waals surface area contributed by atoms with Gasteiger partial charge in [0.1, 0.15) is 0 Å². The molecule has 2 unspecified atom stereocenters. The van der Waals surface area contributed by atoms with Crippen LogP contribution in [0.15, 0.2) is 0 Å². The lowest BCUT2D eigenvalue weighted by atomic mass is 9.85. The van der Waals surface area contributed by atoms with Crippen molar-refractivity contribution < 1.29 is 4.79 Å². The Kier molecular flexibility index (Phi) is 5.56. The average molecular weight is 247 g/mol. The van der Waals surface area contributed by atoms with Crippen LogP contribution in [0.3, 0.4) is 0 Å². The van der Waals surface area contributed by atoms with Crippen LogP contribution in [-0.2, 0) is 4.79 Å². The van der Waals surface area contributed by atoms with E-state index in [1.807, 2.05) is 0 Å². The molecule has 3 nitrogen and oxygen atoms in total. The first-order valence-corrected chi connectivity index (χ1v) is 6.32. The number of hydrogen-bond donors (Lipinski definition) is 2.